The molecule has 4 heteroatoms. The number of rotatable bonds is 4. The van der Waals surface area contributed by atoms with Crippen molar-refractivity contribution in [2.75, 3.05) is 4.90 Å². The average molecular weight is 826 g/mol. The Balaban J connectivity index is 1.30. The Hall–Kier alpha value is -6.00. The molecule has 0 radical (unpaired) electrons. The Morgan fingerprint density at radius 1 is 0.508 bits per heavy atom. The first-order valence-corrected chi connectivity index (χ1v) is 22.8. The molecule has 3 nitrogen and oxygen atoms in total. The van der Waals surface area contributed by atoms with Gasteiger partial charge in [0.25, 0.3) is 6.71 Å². The molecule has 1 aliphatic carbocycles. The van der Waals surface area contributed by atoms with Gasteiger partial charge in [-0.15, -0.1) is 0 Å². The molecule has 0 saturated heterocycles. The van der Waals surface area contributed by atoms with Gasteiger partial charge in [-0.1, -0.05) is 166 Å². The van der Waals surface area contributed by atoms with Gasteiger partial charge in [0.05, 0.1) is 5.69 Å². The zero-order chi connectivity index (χ0) is 44.5. The fourth-order valence-electron chi connectivity index (χ4n) is 10.5. The van der Waals surface area contributed by atoms with Crippen LogP contribution in [0.5, 0.6) is 23.0 Å². The van der Waals surface area contributed by atoms with E-state index in [1.54, 1.807) is 0 Å². The molecule has 0 N–H and O–H groups in total. The summed E-state index contributed by atoms with van der Waals surface area (Å²) in [6.45, 7) is 29.6. The van der Waals surface area contributed by atoms with E-state index in [0.717, 1.165) is 62.1 Å². The largest absolute Gasteiger partial charge is 0.458 e. The summed E-state index contributed by atoms with van der Waals surface area (Å²) < 4.78 is 14.5. The SMILES string of the molecule is Cc1cc(C)cc(-c2cc3c4c(c2)Oc2c(cc(N(c5ccc(C(C)(C)C)cc5)c5ccc(C(C)(C)C)cc5)c5c2C(C)(C)c2ccccc2-5)B4c2cc(C(C)(C)C)ccc2O3)c1. The molecular weight excluding hydrogens is 765 g/mol. The second kappa shape index (κ2) is 14.0. The molecule has 2 heterocycles. The zero-order valence-corrected chi connectivity index (χ0v) is 39.5. The number of ether oxygens (including phenoxy) is 2. The van der Waals surface area contributed by atoms with Crippen molar-refractivity contribution in [2.45, 2.75) is 112 Å². The second-order valence-corrected chi connectivity index (χ2v) is 22.1. The standard InChI is InChI=1S/C59H60BNO2/c1-35-28-36(2)30-37(29-35)38-31-50-54-51(32-38)63-55-47(60(54)46-33-41(58(9,10)11)22-27-49(46)62-50)34-48(52-44-16-14-15-17-45(44)59(12,13)53(52)55)61(42-23-18-39(19-24-42)56(3,4)5)43-25-20-40(21-26-43)57(6,7)8/h14-34H,1-13H3. The quantitative estimate of drug-likeness (QED) is 0.165. The van der Waals surface area contributed by atoms with Crippen LogP contribution in [-0.2, 0) is 21.7 Å². The van der Waals surface area contributed by atoms with Crippen molar-refractivity contribution in [1.29, 1.82) is 0 Å². The second-order valence-electron chi connectivity index (χ2n) is 22.1. The van der Waals surface area contributed by atoms with Crippen molar-refractivity contribution in [3.05, 3.63) is 166 Å². The molecule has 0 atom stereocenters. The molecule has 316 valence electrons. The van der Waals surface area contributed by atoms with Crippen molar-refractivity contribution in [1.82, 2.24) is 0 Å². The van der Waals surface area contributed by atoms with E-state index in [9.17, 15) is 0 Å². The molecular formula is C59H60BNO2. The fourth-order valence-corrected chi connectivity index (χ4v) is 10.5. The lowest BCUT2D eigenvalue weighted by atomic mass is 9.34. The summed E-state index contributed by atoms with van der Waals surface area (Å²) in [6.07, 6.45) is 0. The minimum Gasteiger partial charge on any atom is -0.458 e. The van der Waals surface area contributed by atoms with E-state index in [0.29, 0.717) is 0 Å². The number of anilines is 3. The van der Waals surface area contributed by atoms with Crippen molar-refractivity contribution in [3.63, 3.8) is 0 Å². The third-order valence-corrected chi connectivity index (χ3v) is 13.9. The predicted octanol–water partition coefficient (Wildman–Crippen LogP) is 14.4. The van der Waals surface area contributed by atoms with Gasteiger partial charge in [0.15, 0.2) is 0 Å². The molecule has 2 aliphatic heterocycles. The maximum absolute atomic E-state index is 7.52. The van der Waals surface area contributed by atoms with Gasteiger partial charge in [-0.3, -0.25) is 0 Å². The Bertz CT molecular complexity index is 2910. The van der Waals surface area contributed by atoms with Gasteiger partial charge in [0.2, 0.25) is 0 Å². The van der Waals surface area contributed by atoms with Crippen molar-refractivity contribution < 1.29 is 9.47 Å². The van der Waals surface area contributed by atoms with E-state index < -0.39 is 0 Å². The maximum Gasteiger partial charge on any atom is 0.260 e. The minimum atomic E-state index is -0.364. The van der Waals surface area contributed by atoms with Crippen LogP contribution in [-0.4, -0.2) is 6.71 Å². The van der Waals surface area contributed by atoms with Gasteiger partial charge in [-0.25, -0.2) is 0 Å². The van der Waals surface area contributed by atoms with Gasteiger partial charge in [0, 0.05) is 33.4 Å². The van der Waals surface area contributed by atoms with Crippen LogP contribution in [0.2, 0.25) is 0 Å². The van der Waals surface area contributed by atoms with Crippen LogP contribution in [0.15, 0.2) is 127 Å². The van der Waals surface area contributed by atoms with Gasteiger partial charge in [0.1, 0.15) is 23.0 Å². The van der Waals surface area contributed by atoms with Gasteiger partial charge < -0.3 is 14.4 Å². The highest BCUT2D eigenvalue weighted by Crippen LogP contribution is 2.58. The fraction of sp³-hybridized carbons (Fsp3) is 0.288. The van der Waals surface area contributed by atoms with Crippen molar-refractivity contribution >= 4 is 40.2 Å². The molecule has 0 fully saturated rings. The highest BCUT2D eigenvalue weighted by Gasteiger charge is 2.48. The smallest absolute Gasteiger partial charge is 0.260 e. The normalized spacial score (nSPS) is 14.5. The van der Waals surface area contributed by atoms with Crippen LogP contribution in [0.25, 0.3) is 22.3 Å². The van der Waals surface area contributed by atoms with Crippen LogP contribution >= 0.6 is 0 Å². The summed E-state index contributed by atoms with van der Waals surface area (Å²) in [5.74, 6) is 3.57. The number of hydrogen-bond acceptors (Lipinski definition) is 3. The molecule has 0 unspecified atom stereocenters. The first-order chi connectivity index (χ1) is 29.7. The van der Waals surface area contributed by atoms with E-state index in [-0.39, 0.29) is 28.4 Å². The number of benzene rings is 7. The van der Waals surface area contributed by atoms with Gasteiger partial charge >= 0.3 is 0 Å². The van der Waals surface area contributed by atoms with Crippen LogP contribution in [0.3, 0.4) is 0 Å². The molecule has 3 aliphatic rings. The van der Waals surface area contributed by atoms with Crippen molar-refractivity contribution in [2.24, 2.45) is 0 Å². The van der Waals surface area contributed by atoms with E-state index in [4.69, 9.17) is 9.47 Å². The number of aryl methyl sites for hydroxylation is 2. The van der Waals surface area contributed by atoms with Crippen molar-refractivity contribution in [3.8, 4) is 45.3 Å². The van der Waals surface area contributed by atoms with Crippen LogP contribution in [0, 0.1) is 13.8 Å². The molecule has 0 bridgehead atoms. The lowest BCUT2D eigenvalue weighted by Gasteiger charge is -2.38. The summed E-state index contributed by atoms with van der Waals surface area (Å²) in [7, 11) is 0. The number of fused-ring (bicyclic) bond motifs is 8. The maximum atomic E-state index is 7.52. The Morgan fingerprint density at radius 3 is 1.60 bits per heavy atom. The van der Waals surface area contributed by atoms with Crippen LogP contribution < -0.4 is 30.8 Å². The van der Waals surface area contributed by atoms with Crippen LogP contribution in [0.1, 0.15) is 115 Å². The molecule has 7 aromatic carbocycles. The lowest BCUT2D eigenvalue weighted by molar-refractivity contribution is 0.455. The third kappa shape index (κ3) is 6.71. The summed E-state index contributed by atoms with van der Waals surface area (Å²) >= 11 is 0. The molecule has 0 aromatic heterocycles. The first-order valence-electron chi connectivity index (χ1n) is 22.8. The first kappa shape index (κ1) is 41.0. The molecule has 63 heavy (non-hydrogen) atoms. The highest BCUT2D eigenvalue weighted by atomic mass is 16.5. The number of hydrogen-bond donors (Lipinski definition) is 0. The summed E-state index contributed by atoms with van der Waals surface area (Å²) in [4.78, 5) is 2.50. The topological polar surface area (TPSA) is 21.7 Å². The molecule has 10 rings (SSSR count). The Morgan fingerprint density at radius 2 is 1.03 bits per heavy atom. The monoisotopic (exact) mass is 825 g/mol. The van der Waals surface area contributed by atoms with E-state index in [1.165, 1.54) is 55.5 Å². The highest BCUT2D eigenvalue weighted by molar-refractivity contribution is 6.98. The lowest BCUT2D eigenvalue weighted by Crippen LogP contribution is -2.58. The minimum absolute atomic E-state index is 0.0244. The number of nitrogens with zero attached hydrogens (tertiary/aromatic N) is 1. The van der Waals surface area contributed by atoms with E-state index in [1.807, 2.05) is 0 Å². The Labute approximate surface area is 376 Å². The average Bonchev–Trinajstić information content (AvgIpc) is 3.46. The Kier molecular flexibility index (Phi) is 9.12. The van der Waals surface area contributed by atoms with Gasteiger partial charge in [-0.05, 0) is 128 Å². The third-order valence-electron chi connectivity index (χ3n) is 13.9. The molecule has 7 aromatic rings. The summed E-state index contributed by atoms with van der Waals surface area (Å²) in [5, 5.41) is 0. The molecule has 0 amide bonds. The summed E-state index contributed by atoms with van der Waals surface area (Å²) in [5.41, 5.74) is 20.1. The summed E-state index contributed by atoms with van der Waals surface area (Å²) in [6, 6.07) is 48.1. The van der Waals surface area contributed by atoms with Gasteiger partial charge in [-0.2, -0.15) is 0 Å². The molecule has 0 saturated carbocycles. The van der Waals surface area contributed by atoms with E-state index >= 15 is 0 Å². The van der Waals surface area contributed by atoms with E-state index in [2.05, 4.69) is 222 Å². The van der Waals surface area contributed by atoms with Crippen LogP contribution in [0.4, 0.5) is 17.1 Å². The molecule has 0 spiro atoms. The zero-order valence-electron chi connectivity index (χ0n) is 39.5. The predicted molar refractivity (Wildman–Crippen MR) is 267 cm³/mol.